The molecule has 0 bridgehead atoms. The second kappa shape index (κ2) is 9.25. The van der Waals surface area contributed by atoms with Crippen LogP contribution in [-0.2, 0) is 6.18 Å². The number of halogens is 3. The van der Waals surface area contributed by atoms with Crippen LogP contribution in [-0.4, -0.2) is 36.3 Å². The number of carbonyl (C=O) groups excluding carboxylic acids is 1. The number of amides is 1. The van der Waals surface area contributed by atoms with E-state index < -0.39 is 24.1 Å². The minimum Gasteiger partial charge on any atom is -0.410 e. The average molecular weight is 469 g/mol. The lowest BCUT2D eigenvalue weighted by Gasteiger charge is -2.15. The van der Waals surface area contributed by atoms with Crippen LogP contribution in [0.2, 0.25) is 0 Å². The first-order valence-electron chi connectivity index (χ1n) is 10.0. The van der Waals surface area contributed by atoms with Gasteiger partial charge in [0, 0.05) is 18.5 Å². The Morgan fingerprint density at radius 1 is 1.09 bits per heavy atom. The van der Waals surface area contributed by atoms with E-state index >= 15 is 0 Å². The van der Waals surface area contributed by atoms with Crippen LogP contribution >= 0.6 is 0 Å². The van der Waals surface area contributed by atoms with Gasteiger partial charge in [-0.05, 0) is 47.5 Å². The van der Waals surface area contributed by atoms with Crippen molar-refractivity contribution in [3.63, 3.8) is 0 Å². The van der Waals surface area contributed by atoms with E-state index in [1.54, 1.807) is 25.1 Å². The third kappa shape index (κ3) is 5.17. The summed E-state index contributed by atoms with van der Waals surface area (Å²) >= 11 is 0. The molecule has 1 unspecified atom stereocenters. The number of benzene rings is 2. The molecule has 9 nitrogen and oxygen atoms in total. The molecule has 0 spiro atoms. The number of hydrogen-bond acceptors (Lipinski definition) is 7. The number of aromatic nitrogens is 6. The van der Waals surface area contributed by atoms with E-state index in [0.29, 0.717) is 21.5 Å². The van der Waals surface area contributed by atoms with Crippen LogP contribution in [0.25, 0.3) is 16.8 Å². The van der Waals surface area contributed by atoms with Crippen LogP contribution in [0.3, 0.4) is 0 Å². The number of nitrogens with one attached hydrogen (secondary N) is 1. The average Bonchev–Trinajstić information content (AvgIpc) is 3.31. The van der Waals surface area contributed by atoms with Crippen molar-refractivity contribution >= 4 is 6.09 Å². The first-order chi connectivity index (χ1) is 16.2. The van der Waals surface area contributed by atoms with E-state index in [2.05, 4.69) is 30.8 Å². The van der Waals surface area contributed by atoms with E-state index in [0.717, 1.165) is 5.56 Å². The predicted octanol–water partition coefficient (Wildman–Crippen LogP) is 4.30. The van der Waals surface area contributed by atoms with Gasteiger partial charge in [0.15, 0.2) is 0 Å². The summed E-state index contributed by atoms with van der Waals surface area (Å²) in [5.41, 5.74) is 2.70. The quantitative estimate of drug-likeness (QED) is 0.464. The van der Waals surface area contributed by atoms with Crippen LogP contribution in [0.5, 0.6) is 5.75 Å². The minimum absolute atomic E-state index is 0.000505. The monoisotopic (exact) mass is 469 g/mol. The van der Waals surface area contributed by atoms with Crippen LogP contribution in [0.4, 0.5) is 18.0 Å². The zero-order chi connectivity index (χ0) is 24.3. The van der Waals surface area contributed by atoms with Crippen molar-refractivity contribution in [1.82, 2.24) is 35.5 Å². The van der Waals surface area contributed by atoms with Crippen molar-refractivity contribution in [1.29, 1.82) is 0 Å². The molecular weight excluding hydrogens is 451 g/mol. The molecule has 0 saturated heterocycles. The van der Waals surface area contributed by atoms with E-state index in [4.69, 9.17) is 4.74 Å². The van der Waals surface area contributed by atoms with E-state index in [1.807, 2.05) is 19.1 Å². The maximum Gasteiger partial charge on any atom is 0.453 e. The summed E-state index contributed by atoms with van der Waals surface area (Å²) in [5.74, 6) is -1.30. The number of rotatable bonds is 5. The number of nitrogens with zero attached hydrogens (tertiary/aromatic N) is 6. The molecule has 1 atom stereocenters. The molecule has 1 N–H and O–H groups in total. The van der Waals surface area contributed by atoms with Gasteiger partial charge in [0.25, 0.3) is 5.82 Å². The number of alkyl halides is 3. The SMILES string of the molecule is Cc1ccc(-c2cc(OC(=O)NC(C)c3cnccn3)cc(-n3nnnc3C(F)(F)F)c2)cc1. The van der Waals surface area contributed by atoms with Gasteiger partial charge < -0.3 is 10.1 Å². The Morgan fingerprint density at radius 3 is 2.53 bits per heavy atom. The largest absolute Gasteiger partial charge is 0.453 e. The highest BCUT2D eigenvalue weighted by molar-refractivity contribution is 5.74. The van der Waals surface area contributed by atoms with Gasteiger partial charge in [0.05, 0.1) is 23.6 Å². The zero-order valence-electron chi connectivity index (χ0n) is 18.0. The highest BCUT2D eigenvalue weighted by Gasteiger charge is 2.38. The third-order valence-corrected chi connectivity index (χ3v) is 4.82. The molecule has 0 radical (unpaired) electrons. The molecule has 0 aliphatic rings. The van der Waals surface area contributed by atoms with Crippen molar-refractivity contribution < 1.29 is 22.7 Å². The summed E-state index contributed by atoms with van der Waals surface area (Å²) < 4.78 is 46.1. The molecule has 2 aromatic heterocycles. The van der Waals surface area contributed by atoms with Crippen molar-refractivity contribution in [3.05, 3.63) is 78.1 Å². The van der Waals surface area contributed by atoms with Crippen LogP contribution in [0.1, 0.15) is 30.0 Å². The van der Waals surface area contributed by atoms with Crippen LogP contribution in [0.15, 0.2) is 61.1 Å². The third-order valence-electron chi connectivity index (χ3n) is 4.82. The van der Waals surface area contributed by atoms with Gasteiger partial charge in [-0.2, -0.15) is 17.9 Å². The Bertz CT molecular complexity index is 1290. The standard InChI is InChI=1S/C22H18F3N7O2/c1-13-3-5-15(6-4-13)16-9-17(32-20(22(23,24)25)29-30-31-32)11-18(10-16)34-21(33)28-14(2)19-12-26-7-8-27-19/h3-12,14H,1-2H3,(H,28,33). The number of aryl methyl sites for hydroxylation is 1. The van der Waals surface area contributed by atoms with Gasteiger partial charge in [0.2, 0.25) is 0 Å². The molecular formula is C22H18F3N7O2. The number of ether oxygens (including phenoxy) is 1. The summed E-state index contributed by atoms with van der Waals surface area (Å²) in [6.45, 7) is 3.60. The van der Waals surface area contributed by atoms with Gasteiger partial charge in [-0.1, -0.05) is 29.8 Å². The predicted molar refractivity (Wildman–Crippen MR) is 114 cm³/mol. The summed E-state index contributed by atoms with van der Waals surface area (Å²) in [7, 11) is 0. The maximum absolute atomic E-state index is 13.4. The Kier molecular flexibility index (Phi) is 6.21. The smallest absolute Gasteiger partial charge is 0.410 e. The molecule has 4 rings (SSSR count). The Balaban J connectivity index is 1.68. The first kappa shape index (κ1) is 22.8. The lowest BCUT2D eigenvalue weighted by molar-refractivity contribution is -0.146. The Labute approximate surface area is 191 Å². The fourth-order valence-corrected chi connectivity index (χ4v) is 3.14. The van der Waals surface area contributed by atoms with Gasteiger partial charge in [-0.15, -0.1) is 5.10 Å². The summed E-state index contributed by atoms with van der Waals surface area (Å²) in [6, 6.07) is 11.1. The van der Waals surface area contributed by atoms with Crippen molar-refractivity contribution in [3.8, 4) is 22.6 Å². The van der Waals surface area contributed by atoms with E-state index in [9.17, 15) is 18.0 Å². The van der Waals surface area contributed by atoms with Crippen molar-refractivity contribution in [2.24, 2.45) is 0 Å². The van der Waals surface area contributed by atoms with Crippen LogP contribution in [0, 0.1) is 6.92 Å². The first-order valence-corrected chi connectivity index (χ1v) is 10.0. The van der Waals surface area contributed by atoms with Gasteiger partial charge in [0.1, 0.15) is 5.75 Å². The number of hydrogen-bond donors (Lipinski definition) is 1. The van der Waals surface area contributed by atoms with Crippen molar-refractivity contribution in [2.75, 3.05) is 0 Å². The molecule has 1 amide bonds. The minimum atomic E-state index is -4.78. The lowest BCUT2D eigenvalue weighted by atomic mass is 10.0. The maximum atomic E-state index is 13.4. The second-order valence-electron chi connectivity index (χ2n) is 7.38. The summed E-state index contributed by atoms with van der Waals surface area (Å²) in [5, 5.41) is 12.3. The molecule has 174 valence electrons. The normalized spacial score (nSPS) is 12.3. The van der Waals surface area contributed by atoms with Crippen LogP contribution < -0.4 is 10.1 Å². The van der Waals surface area contributed by atoms with Crippen molar-refractivity contribution in [2.45, 2.75) is 26.1 Å². The van der Waals surface area contributed by atoms with Gasteiger partial charge in [-0.3, -0.25) is 9.97 Å². The highest BCUT2D eigenvalue weighted by atomic mass is 19.4. The molecule has 0 aliphatic heterocycles. The summed E-state index contributed by atoms with van der Waals surface area (Å²) in [4.78, 5) is 20.6. The molecule has 0 aliphatic carbocycles. The van der Waals surface area contributed by atoms with E-state index in [1.165, 1.54) is 30.7 Å². The fourth-order valence-electron chi connectivity index (χ4n) is 3.14. The number of carbonyl (C=O) groups is 1. The molecule has 0 fully saturated rings. The Morgan fingerprint density at radius 2 is 1.85 bits per heavy atom. The molecule has 34 heavy (non-hydrogen) atoms. The topological polar surface area (TPSA) is 108 Å². The molecule has 0 saturated carbocycles. The van der Waals surface area contributed by atoms with Gasteiger partial charge >= 0.3 is 12.3 Å². The lowest BCUT2D eigenvalue weighted by Crippen LogP contribution is -2.30. The molecule has 2 aromatic carbocycles. The molecule has 12 heteroatoms. The number of tetrazole rings is 1. The van der Waals surface area contributed by atoms with E-state index in [-0.39, 0.29) is 11.4 Å². The summed E-state index contributed by atoms with van der Waals surface area (Å²) in [6.07, 6.45) is -1.12. The molecule has 2 heterocycles. The Hall–Kier alpha value is -4.35. The second-order valence-corrected chi connectivity index (χ2v) is 7.38. The highest BCUT2D eigenvalue weighted by Crippen LogP contribution is 2.32. The zero-order valence-corrected chi connectivity index (χ0v) is 18.0. The molecule has 4 aromatic rings. The fraction of sp³-hybridized carbons (Fsp3) is 0.182. The van der Waals surface area contributed by atoms with Gasteiger partial charge in [-0.25, -0.2) is 4.79 Å².